The van der Waals surface area contributed by atoms with Crippen molar-refractivity contribution in [2.75, 3.05) is 4.90 Å². The number of hydrogen-bond acceptors (Lipinski definition) is 3. The van der Waals surface area contributed by atoms with E-state index in [-0.39, 0.29) is 34.8 Å². The van der Waals surface area contributed by atoms with Crippen LogP contribution in [-0.2, 0) is 20.4 Å². The van der Waals surface area contributed by atoms with Gasteiger partial charge in [-0.25, -0.2) is 4.90 Å². The standard InChI is InChI=1S/C20H27NO3/c1-8-20(6,7)15-11-13(10-14(17(15)23)19(3,4)5)21-16(22)9-12(2)18(21)24/h10-11,23H,2,8-9H2,1,3-7H3. The second kappa shape index (κ2) is 5.76. The third kappa shape index (κ3) is 2.97. The molecule has 1 heterocycles. The van der Waals surface area contributed by atoms with Crippen LogP contribution in [0.1, 0.15) is 65.5 Å². The molecule has 0 aromatic heterocycles. The molecule has 0 spiro atoms. The Kier molecular flexibility index (Phi) is 4.38. The highest BCUT2D eigenvalue weighted by molar-refractivity contribution is 6.28. The average Bonchev–Trinajstić information content (AvgIpc) is 2.71. The maximum absolute atomic E-state index is 12.3. The van der Waals surface area contributed by atoms with E-state index in [0.717, 1.165) is 17.5 Å². The molecule has 0 bridgehead atoms. The number of phenolic OH excluding ortho intramolecular Hbond substituents is 1. The van der Waals surface area contributed by atoms with Crippen LogP contribution in [-0.4, -0.2) is 16.9 Å². The molecular formula is C20H27NO3. The van der Waals surface area contributed by atoms with Gasteiger partial charge in [0.1, 0.15) is 5.75 Å². The van der Waals surface area contributed by atoms with Gasteiger partial charge in [0.05, 0.1) is 12.1 Å². The third-order valence-corrected chi connectivity index (χ3v) is 4.89. The minimum absolute atomic E-state index is 0.0526. The van der Waals surface area contributed by atoms with Gasteiger partial charge in [-0.2, -0.15) is 0 Å². The normalized spacial score (nSPS) is 16.2. The largest absolute Gasteiger partial charge is 0.507 e. The Bertz CT molecular complexity index is 723. The summed E-state index contributed by atoms with van der Waals surface area (Å²) in [4.78, 5) is 25.8. The van der Waals surface area contributed by atoms with Crippen molar-refractivity contribution in [3.63, 3.8) is 0 Å². The molecule has 1 aromatic carbocycles. The van der Waals surface area contributed by atoms with Crippen LogP contribution in [0, 0.1) is 0 Å². The summed E-state index contributed by atoms with van der Waals surface area (Å²) in [6, 6.07) is 3.52. The molecule has 24 heavy (non-hydrogen) atoms. The van der Waals surface area contributed by atoms with E-state index >= 15 is 0 Å². The number of aromatic hydroxyl groups is 1. The number of imide groups is 1. The van der Waals surface area contributed by atoms with Gasteiger partial charge in [-0.3, -0.25) is 9.59 Å². The first kappa shape index (κ1) is 18.2. The lowest BCUT2D eigenvalue weighted by atomic mass is 9.77. The number of amides is 2. The molecule has 130 valence electrons. The Labute approximate surface area is 144 Å². The number of carbonyl (C=O) groups excluding carboxylic acids is 2. The van der Waals surface area contributed by atoms with Crippen molar-refractivity contribution in [3.05, 3.63) is 35.4 Å². The summed E-state index contributed by atoms with van der Waals surface area (Å²) in [7, 11) is 0. The molecule has 1 saturated heterocycles. The molecule has 2 amide bonds. The number of rotatable bonds is 3. The van der Waals surface area contributed by atoms with Crippen LogP contribution in [0.4, 0.5) is 5.69 Å². The van der Waals surface area contributed by atoms with Crippen molar-refractivity contribution in [2.45, 2.75) is 65.2 Å². The van der Waals surface area contributed by atoms with Gasteiger partial charge in [-0.05, 0) is 29.4 Å². The minimum atomic E-state index is -0.356. The Morgan fingerprint density at radius 3 is 2.08 bits per heavy atom. The molecule has 0 aliphatic carbocycles. The van der Waals surface area contributed by atoms with E-state index in [1.807, 2.05) is 34.6 Å². The summed E-state index contributed by atoms with van der Waals surface area (Å²) in [6.45, 7) is 15.8. The van der Waals surface area contributed by atoms with E-state index in [4.69, 9.17) is 0 Å². The Balaban J connectivity index is 2.74. The molecule has 1 aliphatic rings. The molecule has 1 N–H and O–H groups in total. The first-order valence-corrected chi connectivity index (χ1v) is 8.33. The smallest absolute Gasteiger partial charge is 0.260 e. The molecule has 1 aliphatic heterocycles. The van der Waals surface area contributed by atoms with Gasteiger partial charge in [-0.15, -0.1) is 0 Å². The predicted molar refractivity (Wildman–Crippen MR) is 96.4 cm³/mol. The van der Waals surface area contributed by atoms with Crippen LogP contribution in [0.25, 0.3) is 0 Å². The van der Waals surface area contributed by atoms with Crippen molar-refractivity contribution in [1.82, 2.24) is 0 Å². The van der Waals surface area contributed by atoms with Crippen LogP contribution in [0.15, 0.2) is 24.3 Å². The molecule has 0 unspecified atom stereocenters. The van der Waals surface area contributed by atoms with Gasteiger partial charge in [0, 0.05) is 16.7 Å². The zero-order valence-corrected chi connectivity index (χ0v) is 15.5. The van der Waals surface area contributed by atoms with Gasteiger partial charge < -0.3 is 5.11 Å². The molecule has 4 heteroatoms. The van der Waals surface area contributed by atoms with E-state index in [2.05, 4.69) is 13.5 Å². The molecular weight excluding hydrogens is 302 g/mol. The highest BCUT2D eigenvalue weighted by atomic mass is 16.3. The fourth-order valence-corrected chi connectivity index (χ4v) is 2.90. The zero-order chi connectivity index (χ0) is 18.4. The predicted octanol–water partition coefficient (Wildman–Crippen LogP) is 4.20. The number of hydrogen-bond donors (Lipinski definition) is 1. The molecule has 0 saturated carbocycles. The highest BCUT2D eigenvalue weighted by Gasteiger charge is 2.36. The molecule has 0 radical (unpaired) electrons. The Hall–Kier alpha value is -2.10. The van der Waals surface area contributed by atoms with E-state index in [0.29, 0.717) is 11.3 Å². The summed E-state index contributed by atoms with van der Waals surface area (Å²) in [5, 5.41) is 10.8. The molecule has 2 rings (SSSR count). The van der Waals surface area contributed by atoms with Crippen LogP contribution in [0.2, 0.25) is 0 Å². The lowest BCUT2D eigenvalue weighted by molar-refractivity contribution is -0.120. The van der Waals surface area contributed by atoms with E-state index in [9.17, 15) is 14.7 Å². The SMILES string of the molecule is C=C1CC(=O)N(c2cc(C(C)(C)C)c(O)c(C(C)(C)CC)c2)C1=O. The van der Waals surface area contributed by atoms with E-state index in [1.54, 1.807) is 12.1 Å². The summed E-state index contributed by atoms with van der Waals surface area (Å²) < 4.78 is 0. The average molecular weight is 329 g/mol. The lowest BCUT2D eigenvalue weighted by Crippen LogP contribution is -2.30. The van der Waals surface area contributed by atoms with Crippen LogP contribution >= 0.6 is 0 Å². The van der Waals surface area contributed by atoms with Gasteiger partial charge >= 0.3 is 0 Å². The molecule has 4 nitrogen and oxygen atoms in total. The second-order valence-corrected chi connectivity index (χ2v) is 8.19. The van der Waals surface area contributed by atoms with Gasteiger partial charge in [0.15, 0.2) is 0 Å². The Morgan fingerprint density at radius 1 is 1.12 bits per heavy atom. The number of benzene rings is 1. The summed E-state index contributed by atoms with van der Waals surface area (Å²) >= 11 is 0. The zero-order valence-electron chi connectivity index (χ0n) is 15.5. The number of phenols is 1. The van der Waals surface area contributed by atoms with Crippen molar-refractivity contribution in [3.8, 4) is 5.75 Å². The van der Waals surface area contributed by atoms with Crippen LogP contribution < -0.4 is 4.90 Å². The highest BCUT2D eigenvalue weighted by Crippen LogP contribution is 2.43. The van der Waals surface area contributed by atoms with Crippen LogP contribution in [0.3, 0.4) is 0 Å². The fourth-order valence-electron chi connectivity index (χ4n) is 2.90. The second-order valence-electron chi connectivity index (χ2n) is 8.19. The van der Waals surface area contributed by atoms with E-state index < -0.39 is 0 Å². The quantitative estimate of drug-likeness (QED) is 0.668. The first-order valence-electron chi connectivity index (χ1n) is 8.33. The van der Waals surface area contributed by atoms with Gasteiger partial charge in [0.25, 0.3) is 5.91 Å². The van der Waals surface area contributed by atoms with Gasteiger partial charge in [-0.1, -0.05) is 48.1 Å². The Morgan fingerprint density at radius 2 is 1.67 bits per heavy atom. The fraction of sp³-hybridized carbons (Fsp3) is 0.500. The first-order chi connectivity index (χ1) is 10.9. The summed E-state index contributed by atoms with van der Waals surface area (Å²) in [5.74, 6) is -0.377. The monoisotopic (exact) mass is 329 g/mol. The van der Waals surface area contributed by atoms with Crippen molar-refractivity contribution in [2.24, 2.45) is 0 Å². The number of anilines is 1. The third-order valence-electron chi connectivity index (χ3n) is 4.89. The molecule has 1 aromatic rings. The maximum atomic E-state index is 12.3. The van der Waals surface area contributed by atoms with E-state index in [1.165, 1.54) is 4.90 Å². The molecule has 1 fully saturated rings. The minimum Gasteiger partial charge on any atom is -0.507 e. The topological polar surface area (TPSA) is 57.6 Å². The number of carbonyl (C=O) groups is 2. The summed E-state index contributed by atoms with van der Waals surface area (Å²) in [6.07, 6.45) is 0.874. The molecule has 0 atom stereocenters. The van der Waals surface area contributed by atoms with Gasteiger partial charge in [0.2, 0.25) is 5.91 Å². The maximum Gasteiger partial charge on any atom is 0.260 e. The van der Waals surface area contributed by atoms with Crippen molar-refractivity contribution < 1.29 is 14.7 Å². The summed E-state index contributed by atoms with van der Waals surface area (Å²) in [5.41, 5.74) is 1.72. The number of nitrogens with zero attached hydrogens (tertiary/aromatic N) is 1. The van der Waals surface area contributed by atoms with Crippen LogP contribution in [0.5, 0.6) is 5.75 Å². The van der Waals surface area contributed by atoms with Crippen molar-refractivity contribution in [1.29, 1.82) is 0 Å². The van der Waals surface area contributed by atoms with Crippen molar-refractivity contribution >= 4 is 17.5 Å². The lowest BCUT2D eigenvalue weighted by Gasteiger charge is -2.31.